The lowest BCUT2D eigenvalue weighted by Gasteiger charge is -2.34. The standard InChI is InChI=1S/C20H27NO/c1-16(18-12-13-18)14-20(22)21(19-10-6-3-7-11-19)15-17-8-4-2-5-9-17/h2,4-5,8-9,14,18-19H,3,6-7,10-13,15H2,1H3. The van der Waals surface area contributed by atoms with Gasteiger partial charge in [-0.2, -0.15) is 0 Å². The van der Waals surface area contributed by atoms with Gasteiger partial charge < -0.3 is 4.90 Å². The third-order valence-electron chi connectivity index (χ3n) is 5.07. The largest absolute Gasteiger partial charge is 0.332 e. The summed E-state index contributed by atoms with van der Waals surface area (Å²) in [6.45, 7) is 2.87. The highest BCUT2D eigenvalue weighted by atomic mass is 16.2. The fraction of sp³-hybridized carbons (Fsp3) is 0.550. The summed E-state index contributed by atoms with van der Waals surface area (Å²) in [6.07, 6.45) is 10.6. The fourth-order valence-electron chi connectivity index (χ4n) is 3.49. The first kappa shape index (κ1) is 15.3. The minimum absolute atomic E-state index is 0.222. The molecule has 2 heteroatoms. The van der Waals surface area contributed by atoms with Crippen LogP contribution in [0.15, 0.2) is 42.0 Å². The zero-order valence-electron chi connectivity index (χ0n) is 13.6. The Balaban J connectivity index is 1.75. The molecule has 0 N–H and O–H groups in total. The Morgan fingerprint density at radius 2 is 1.77 bits per heavy atom. The molecule has 0 spiro atoms. The molecule has 1 aromatic carbocycles. The molecule has 0 aliphatic heterocycles. The second kappa shape index (κ2) is 7.13. The number of hydrogen-bond donors (Lipinski definition) is 0. The van der Waals surface area contributed by atoms with Gasteiger partial charge in [-0.3, -0.25) is 4.79 Å². The van der Waals surface area contributed by atoms with Gasteiger partial charge in [0.05, 0.1) is 0 Å². The van der Waals surface area contributed by atoms with E-state index in [1.165, 1.54) is 43.2 Å². The van der Waals surface area contributed by atoms with Crippen molar-refractivity contribution in [1.29, 1.82) is 0 Å². The molecule has 2 fully saturated rings. The summed E-state index contributed by atoms with van der Waals surface area (Å²) in [5, 5.41) is 0. The number of benzene rings is 1. The Morgan fingerprint density at radius 3 is 2.41 bits per heavy atom. The molecular weight excluding hydrogens is 270 g/mol. The molecule has 2 aliphatic rings. The fourth-order valence-corrected chi connectivity index (χ4v) is 3.49. The van der Waals surface area contributed by atoms with Crippen LogP contribution < -0.4 is 0 Å². The van der Waals surface area contributed by atoms with Crippen LogP contribution in [-0.4, -0.2) is 16.8 Å². The van der Waals surface area contributed by atoms with Crippen molar-refractivity contribution in [2.45, 2.75) is 64.5 Å². The van der Waals surface area contributed by atoms with Gasteiger partial charge in [-0.15, -0.1) is 0 Å². The monoisotopic (exact) mass is 297 g/mol. The molecule has 22 heavy (non-hydrogen) atoms. The number of carbonyl (C=O) groups excluding carboxylic acids is 1. The number of rotatable bonds is 5. The molecule has 2 saturated carbocycles. The summed E-state index contributed by atoms with van der Waals surface area (Å²) in [4.78, 5) is 15.0. The van der Waals surface area contributed by atoms with Crippen LogP contribution in [0.3, 0.4) is 0 Å². The van der Waals surface area contributed by atoms with Crippen molar-refractivity contribution in [2.24, 2.45) is 5.92 Å². The van der Waals surface area contributed by atoms with Crippen LogP contribution in [0.4, 0.5) is 0 Å². The molecule has 0 saturated heterocycles. The molecular formula is C20H27NO. The minimum atomic E-state index is 0.222. The first-order chi connectivity index (χ1) is 10.7. The molecule has 0 atom stereocenters. The molecule has 0 radical (unpaired) electrons. The number of carbonyl (C=O) groups is 1. The molecule has 3 rings (SSSR count). The predicted molar refractivity (Wildman–Crippen MR) is 90.3 cm³/mol. The van der Waals surface area contributed by atoms with E-state index in [4.69, 9.17) is 0 Å². The number of amides is 1. The third kappa shape index (κ3) is 4.00. The van der Waals surface area contributed by atoms with Crippen LogP contribution in [0, 0.1) is 5.92 Å². The van der Waals surface area contributed by atoms with E-state index in [2.05, 4.69) is 36.1 Å². The number of allylic oxidation sites excluding steroid dienone is 1. The van der Waals surface area contributed by atoms with E-state index in [0.717, 1.165) is 19.4 Å². The maximum absolute atomic E-state index is 12.8. The van der Waals surface area contributed by atoms with Crippen molar-refractivity contribution in [3.63, 3.8) is 0 Å². The lowest BCUT2D eigenvalue weighted by Crippen LogP contribution is -2.40. The lowest BCUT2D eigenvalue weighted by molar-refractivity contribution is -0.129. The minimum Gasteiger partial charge on any atom is -0.332 e. The highest BCUT2D eigenvalue weighted by Gasteiger charge is 2.27. The van der Waals surface area contributed by atoms with Gasteiger partial charge >= 0.3 is 0 Å². The van der Waals surface area contributed by atoms with E-state index in [9.17, 15) is 4.79 Å². The Morgan fingerprint density at radius 1 is 1.09 bits per heavy atom. The van der Waals surface area contributed by atoms with Crippen LogP contribution in [0.1, 0.15) is 57.4 Å². The van der Waals surface area contributed by atoms with E-state index in [1.54, 1.807) is 0 Å². The molecule has 0 heterocycles. The zero-order chi connectivity index (χ0) is 15.4. The van der Waals surface area contributed by atoms with Gasteiger partial charge in [0.1, 0.15) is 0 Å². The van der Waals surface area contributed by atoms with Crippen LogP contribution in [0.25, 0.3) is 0 Å². The smallest absolute Gasteiger partial charge is 0.247 e. The topological polar surface area (TPSA) is 20.3 Å². The van der Waals surface area contributed by atoms with E-state index >= 15 is 0 Å². The van der Waals surface area contributed by atoms with E-state index < -0.39 is 0 Å². The van der Waals surface area contributed by atoms with Crippen LogP contribution in [0.5, 0.6) is 0 Å². The van der Waals surface area contributed by atoms with Gasteiger partial charge in [0.2, 0.25) is 5.91 Å². The third-order valence-corrected chi connectivity index (χ3v) is 5.07. The molecule has 1 aromatic rings. The van der Waals surface area contributed by atoms with Gasteiger partial charge in [-0.25, -0.2) is 0 Å². The van der Waals surface area contributed by atoms with Gasteiger partial charge in [-0.1, -0.05) is 55.2 Å². The average Bonchev–Trinajstić information content (AvgIpc) is 3.39. The maximum Gasteiger partial charge on any atom is 0.247 e. The summed E-state index contributed by atoms with van der Waals surface area (Å²) in [6, 6.07) is 10.8. The van der Waals surface area contributed by atoms with E-state index in [-0.39, 0.29) is 5.91 Å². The van der Waals surface area contributed by atoms with E-state index in [0.29, 0.717) is 12.0 Å². The SMILES string of the molecule is CC(=CC(=O)N(Cc1ccccc1)C1CCCCC1)C1CC1. The highest BCUT2D eigenvalue weighted by molar-refractivity contribution is 5.88. The van der Waals surface area contributed by atoms with Gasteiger partial charge in [0, 0.05) is 18.7 Å². The summed E-state index contributed by atoms with van der Waals surface area (Å²) >= 11 is 0. The van der Waals surface area contributed by atoms with Crippen molar-refractivity contribution in [2.75, 3.05) is 0 Å². The number of hydrogen-bond acceptors (Lipinski definition) is 1. The number of nitrogens with zero attached hydrogens (tertiary/aromatic N) is 1. The van der Waals surface area contributed by atoms with Gasteiger partial charge in [0.25, 0.3) is 0 Å². The maximum atomic E-state index is 12.8. The molecule has 2 aliphatic carbocycles. The molecule has 2 nitrogen and oxygen atoms in total. The molecule has 118 valence electrons. The first-order valence-electron chi connectivity index (χ1n) is 8.77. The molecule has 0 aromatic heterocycles. The van der Waals surface area contributed by atoms with Crippen molar-refractivity contribution in [3.05, 3.63) is 47.5 Å². The van der Waals surface area contributed by atoms with Crippen molar-refractivity contribution in [3.8, 4) is 0 Å². The highest BCUT2D eigenvalue weighted by Crippen LogP contribution is 2.36. The quantitative estimate of drug-likeness (QED) is 0.721. The van der Waals surface area contributed by atoms with Crippen molar-refractivity contribution < 1.29 is 4.79 Å². The Bertz CT molecular complexity index is 524. The Labute approximate surface area is 134 Å². The summed E-state index contributed by atoms with van der Waals surface area (Å²) in [5.74, 6) is 0.897. The predicted octanol–water partition coefficient (Wildman–Crippen LogP) is 4.70. The summed E-state index contributed by atoms with van der Waals surface area (Å²) < 4.78 is 0. The van der Waals surface area contributed by atoms with Crippen molar-refractivity contribution in [1.82, 2.24) is 4.90 Å². The van der Waals surface area contributed by atoms with Crippen molar-refractivity contribution >= 4 is 5.91 Å². The Kier molecular flexibility index (Phi) is 4.97. The van der Waals surface area contributed by atoms with Gasteiger partial charge in [0.15, 0.2) is 0 Å². The van der Waals surface area contributed by atoms with Crippen LogP contribution in [-0.2, 0) is 11.3 Å². The molecule has 0 bridgehead atoms. The van der Waals surface area contributed by atoms with Crippen LogP contribution in [0.2, 0.25) is 0 Å². The van der Waals surface area contributed by atoms with E-state index in [1.807, 2.05) is 12.1 Å². The lowest BCUT2D eigenvalue weighted by atomic mass is 9.93. The summed E-state index contributed by atoms with van der Waals surface area (Å²) in [7, 11) is 0. The molecule has 0 unspecified atom stereocenters. The average molecular weight is 297 g/mol. The normalized spacial score (nSPS) is 20.0. The zero-order valence-corrected chi connectivity index (χ0v) is 13.6. The Hall–Kier alpha value is -1.57. The van der Waals surface area contributed by atoms with Crippen LogP contribution >= 0.6 is 0 Å². The summed E-state index contributed by atoms with van der Waals surface area (Å²) in [5.41, 5.74) is 2.51. The van der Waals surface area contributed by atoms with Gasteiger partial charge in [-0.05, 0) is 44.1 Å². The second-order valence-corrected chi connectivity index (χ2v) is 6.91. The first-order valence-corrected chi connectivity index (χ1v) is 8.77. The second-order valence-electron chi connectivity index (χ2n) is 6.91. The molecule has 1 amide bonds.